The molecule has 1 aromatic carbocycles. The highest BCUT2D eigenvalue weighted by molar-refractivity contribution is 5.40. The van der Waals surface area contributed by atoms with E-state index in [-0.39, 0.29) is 17.8 Å². The fraction of sp³-hybridized carbons (Fsp3) is 0.647. The second-order valence-electron chi connectivity index (χ2n) is 6.48. The molecule has 2 fully saturated rings. The number of aliphatic hydroxyl groups excluding tert-OH is 1. The van der Waals surface area contributed by atoms with E-state index in [2.05, 4.69) is 6.07 Å². The Bertz CT molecular complexity index is 522. The van der Waals surface area contributed by atoms with E-state index in [4.69, 9.17) is 14.2 Å². The average Bonchev–Trinajstić information content (AvgIpc) is 3.07. The molecular formula is C17H22O4. The molecular weight excluding hydrogens is 268 g/mol. The topological polar surface area (TPSA) is 47.9 Å². The molecule has 0 aromatic heterocycles. The predicted molar refractivity (Wildman–Crippen MR) is 77.5 cm³/mol. The Hall–Kier alpha value is -1.10. The number of aryl methyl sites for hydroxylation is 1. The maximum absolute atomic E-state index is 9.86. The van der Waals surface area contributed by atoms with Gasteiger partial charge in [0, 0.05) is 25.9 Å². The number of aliphatic hydroxyl groups is 1. The van der Waals surface area contributed by atoms with Gasteiger partial charge in [-0.25, -0.2) is 0 Å². The lowest BCUT2D eigenvalue weighted by Crippen LogP contribution is -2.44. The van der Waals surface area contributed by atoms with Crippen molar-refractivity contribution in [1.82, 2.24) is 0 Å². The molecule has 4 rings (SSSR count). The first-order valence-corrected chi connectivity index (χ1v) is 7.93. The first-order valence-electron chi connectivity index (χ1n) is 7.93. The molecule has 1 aliphatic carbocycles. The molecule has 1 aromatic rings. The van der Waals surface area contributed by atoms with Crippen LogP contribution in [0.1, 0.15) is 42.9 Å². The van der Waals surface area contributed by atoms with Gasteiger partial charge < -0.3 is 19.3 Å². The summed E-state index contributed by atoms with van der Waals surface area (Å²) in [6, 6.07) is 6.09. The zero-order valence-corrected chi connectivity index (χ0v) is 12.2. The standard InChI is InChI=1S/C17H22O4/c18-16-4-1-12-9-13(2-3-15(12)16)21-14-5-7-20-17(10-14)6-8-19-11-17/h2-3,9,14,16,18H,1,4-8,10-11H2. The van der Waals surface area contributed by atoms with Gasteiger partial charge in [0.2, 0.25) is 0 Å². The molecule has 0 radical (unpaired) electrons. The van der Waals surface area contributed by atoms with Crippen molar-refractivity contribution in [2.24, 2.45) is 0 Å². The summed E-state index contributed by atoms with van der Waals surface area (Å²) >= 11 is 0. The fourth-order valence-corrected chi connectivity index (χ4v) is 3.78. The van der Waals surface area contributed by atoms with Gasteiger partial charge in [-0.3, -0.25) is 0 Å². The third-order valence-electron chi connectivity index (χ3n) is 4.98. The van der Waals surface area contributed by atoms with E-state index in [0.717, 1.165) is 56.6 Å². The predicted octanol–water partition coefficient (Wildman–Crippen LogP) is 2.38. The van der Waals surface area contributed by atoms with E-state index in [1.807, 2.05) is 12.1 Å². The average molecular weight is 290 g/mol. The number of hydrogen-bond acceptors (Lipinski definition) is 4. The summed E-state index contributed by atoms with van der Waals surface area (Å²) in [4.78, 5) is 0. The van der Waals surface area contributed by atoms with Gasteiger partial charge in [0.25, 0.3) is 0 Å². The lowest BCUT2D eigenvalue weighted by Gasteiger charge is -2.37. The summed E-state index contributed by atoms with van der Waals surface area (Å²) in [7, 11) is 0. The van der Waals surface area contributed by atoms with Crippen molar-refractivity contribution in [3.8, 4) is 5.75 Å². The summed E-state index contributed by atoms with van der Waals surface area (Å²) in [5, 5.41) is 9.86. The summed E-state index contributed by atoms with van der Waals surface area (Å²) in [5.41, 5.74) is 2.18. The van der Waals surface area contributed by atoms with Crippen LogP contribution in [-0.2, 0) is 15.9 Å². The second-order valence-corrected chi connectivity index (χ2v) is 6.48. The zero-order chi connectivity index (χ0) is 14.3. The molecule has 0 bridgehead atoms. The van der Waals surface area contributed by atoms with Crippen LogP contribution in [0.3, 0.4) is 0 Å². The van der Waals surface area contributed by atoms with Crippen LogP contribution >= 0.6 is 0 Å². The number of fused-ring (bicyclic) bond motifs is 1. The van der Waals surface area contributed by atoms with Crippen LogP contribution in [0.4, 0.5) is 0 Å². The maximum atomic E-state index is 9.86. The van der Waals surface area contributed by atoms with Crippen molar-refractivity contribution in [2.75, 3.05) is 19.8 Å². The largest absolute Gasteiger partial charge is 0.490 e. The highest BCUT2D eigenvalue weighted by atomic mass is 16.6. The Labute approximate surface area is 125 Å². The van der Waals surface area contributed by atoms with Crippen molar-refractivity contribution in [3.05, 3.63) is 29.3 Å². The van der Waals surface area contributed by atoms with Crippen LogP contribution < -0.4 is 4.74 Å². The molecule has 3 aliphatic rings. The summed E-state index contributed by atoms with van der Waals surface area (Å²) in [6.07, 6.45) is 4.49. The van der Waals surface area contributed by atoms with Gasteiger partial charge in [-0.2, -0.15) is 0 Å². The molecule has 2 aliphatic heterocycles. The van der Waals surface area contributed by atoms with E-state index < -0.39 is 0 Å². The Kier molecular flexibility index (Phi) is 3.40. The first kappa shape index (κ1) is 13.6. The minimum atomic E-state index is -0.295. The minimum Gasteiger partial charge on any atom is -0.490 e. The van der Waals surface area contributed by atoms with Gasteiger partial charge in [0.15, 0.2) is 0 Å². The number of ether oxygens (including phenoxy) is 3. The van der Waals surface area contributed by atoms with E-state index in [9.17, 15) is 5.11 Å². The number of rotatable bonds is 2. The molecule has 21 heavy (non-hydrogen) atoms. The molecule has 3 atom stereocenters. The summed E-state index contributed by atoms with van der Waals surface area (Å²) < 4.78 is 17.6. The quantitative estimate of drug-likeness (QED) is 0.908. The van der Waals surface area contributed by atoms with Crippen LogP contribution in [0.2, 0.25) is 0 Å². The Balaban J connectivity index is 1.46. The van der Waals surface area contributed by atoms with E-state index in [1.54, 1.807) is 0 Å². The fourth-order valence-electron chi connectivity index (χ4n) is 3.78. The summed E-state index contributed by atoms with van der Waals surface area (Å²) in [5.74, 6) is 0.920. The van der Waals surface area contributed by atoms with Gasteiger partial charge in [0.1, 0.15) is 11.9 Å². The van der Waals surface area contributed by atoms with E-state index in [1.165, 1.54) is 5.56 Å². The molecule has 4 heteroatoms. The Morgan fingerprint density at radius 3 is 3.05 bits per heavy atom. The third-order valence-corrected chi connectivity index (χ3v) is 4.98. The summed E-state index contributed by atoms with van der Waals surface area (Å²) in [6.45, 7) is 2.24. The smallest absolute Gasteiger partial charge is 0.120 e. The molecule has 4 nitrogen and oxygen atoms in total. The van der Waals surface area contributed by atoms with Gasteiger partial charge in [-0.15, -0.1) is 0 Å². The Morgan fingerprint density at radius 2 is 2.19 bits per heavy atom. The van der Waals surface area contributed by atoms with E-state index in [0.29, 0.717) is 6.61 Å². The van der Waals surface area contributed by atoms with Crippen molar-refractivity contribution >= 4 is 0 Å². The lowest BCUT2D eigenvalue weighted by atomic mass is 9.91. The molecule has 0 saturated carbocycles. The Morgan fingerprint density at radius 1 is 1.24 bits per heavy atom. The third kappa shape index (κ3) is 2.56. The highest BCUT2D eigenvalue weighted by Gasteiger charge is 2.41. The van der Waals surface area contributed by atoms with Crippen LogP contribution in [0.25, 0.3) is 0 Å². The van der Waals surface area contributed by atoms with Crippen molar-refractivity contribution < 1.29 is 19.3 Å². The number of benzene rings is 1. The molecule has 114 valence electrons. The van der Waals surface area contributed by atoms with Crippen molar-refractivity contribution in [2.45, 2.75) is 49.9 Å². The van der Waals surface area contributed by atoms with Crippen LogP contribution in [0, 0.1) is 0 Å². The zero-order valence-electron chi connectivity index (χ0n) is 12.2. The minimum absolute atomic E-state index is 0.115. The molecule has 3 unspecified atom stereocenters. The van der Waals surface area contributed by atoms with Crippen LogP contribution in [0.15, 0.2) is 18.2 Å². The molecule has 0 amide bonds. The van der Waals surface area contributed by atoms with Gasteiger partial charge >= 0.3 is 0 Å². The van der Waals surface area contributed by atoms with Crippen molar-refractivity contribution in [1.29, 1.82) is 0 Å². The van der Waals surface area contributed by atoms with Crippen molar-refractivity contribution in [3.63, 3.8) is 0 Å². The maximum Gasteiger partial charge on any atom is 0.120 e. The SMILES string of the molecule is OC1CCc2cc(OC3CCOC4(CCOC4)C3)ccc21. The lowest BCUT2D eigenvalue weighted by molar-refractivity contribution is -0.112. The molecule has 1 spiro atoms. The van der Waals surface area contributed by atoms with Gasteiger partial charge in [-0.1, -0.05) is 6.07 Å². The number of hydrogen-bond donors (Lipinski definition) is 1. The first-order chi connectivity index (χ1) is 10.2. The molecule has 2 heterocycles. The highest BCUT2D eigenvalue weighted by Crippen LogP contribution is 2.36. The normalized spacial score (nSPS) is 35.1. The molecule has 1 N–H and O–H groups in total. The van der Waals surface area contributed by atoms with Gasteiger partial charge in [0.05, 0.1) is 24.9 Å². The van der Waals surface area contributed by atoms with Crippen LogP contribution in [0.5, 0.6) is 5.75 Å². The monoisotopic (exact) mass is 290 g/mol. The molecule has 2 saturated heterocycles. The van der Waals surface area contributed by atoms with E-state index >= 15 is 0 Å². The van der Waals surface area contributed by atoms with Crippen LogP contribution in [-0.4, -0.2) is 36.6 Å². The van der Waals surface area contributed by atoms with Gasteiger partial charge in [-0.05, 0) is 36.1 Å². The second kappa shape index (κ2) is 5.27.